The van der Waals surface area contributed by atoms with Gasteiger partial charge in [0, 0.05) is 44.4 Å². The van der Waals surface area contributed by atoms with Crippen LogP contribution in [0.15, 0.2) is 127 Å². The van der Waals surface area contributed by atoms with Crippen molar-refractivity contribution in [2.75, 3.05) is 6.54 Å². The molecule has 2 unspecified atom stereocenters. The Morgan fingerprint density at radius 1 is 0.636 bits per heavy atom. The van der Waals surface area contributed by atoms with Crippen LogP contribution in [0.5, 0.6) is 0 Å². The van der Waals surface area contributed by atoms with Crippen LogP contribution in [0, 0.1) is 0 Å². The van der Waals surface area contributed by atoms with Gasteiger partial charge in [0.1, 0.15) is 0 Å². The van der Waals surface area contributed by atoms with Crippen LogP contribution < -0.4 is 0 Å². The Bertz CT molecular complexity index is 1830. The summed E-state index contributed by atoms with van der Waals surface area (Å²) in [4.78, 5) is 26.4. The molecule has 5 aromatic rings. The normalized spacial score (nSPS) is 20.0. The number of amides is 1. The van der Waals surface area contributed by atoms with Crippen LogP contribution in [0.1, 0.15) is 48.5 Å². The minimum absolute atomic E-state index is 0.158. The predicted octanol–water partition coefficient (Wildman–Crippen LogP) is 8.18. The number of ether oxygens (including phenoxy) is 1. The number of hydrogen-bond acceptors (Lipinski definition) is 4. The third kappa shape index (κ3) is 5.37. The third-order valence-corrected chi connectivity index (χ3v) is 8.83. The minimum atomic E-state index is -1.49. The van der Waals surface area contributed by atoms with Crippen molar-refractivity contribution in [1.29, 1.82) is 0 Å². The van der Waals surface area contributed by atoms with Crippen LogP contribution in [0.4, 0.5) is 0 Å². The Labute approximate surface area is 270 Å². The van der Waals surface area contributed by atoms with E-state index in [9.17, 15) is 14.7 Å². The van der Waals surface area contributed by atoms with Crippen LogP contribution in [0.25, 0.3) is 0 Å². The maximum Gasteiger partial charge on any atom is 0.340 e. The first-order valence-electron chi connectivity index (χ1n) is 13.9. The zero-order valence-corrected chi connectivity index (χ0v) is 25.6. The van der Waals surface area contributed by atoms with Crippen molar-refractivity contribution >= 4 is 46.7 Å². The number of aliphatic hydroxyl groups is 1. The van der Waals surface area contributed by atoms with E-state index < -0.39 is 16.8 Å². The summed E-state index contributed by atoms with van der Waals surface area (Å²) in [7, 11) is 0. The summed E-state index contributed by atoms with van der Waals surface area (Å²) in [6, 6.07) is 38.3. The second-order valence-corrected chi connectivity index (χ2v) is 11.9. The second-order valence-electron chi connectivity index (χ2n) is 10.5. The molecule has 2 atom stereocenters. The lowest BCUT2D eigenvalue weighted by atomic mass is 9.93. The zero-order chi connectivity index (χ0) is 30.9. The van der Waals surface area contributed by atoms with Gasteiger partial charge in [-0.3, -0.25) is 4.79 Å². The molecule has 0 aromatic heterocycles. The Morgan fingerprint density at radius 2 is 1.16 bits per heavy atom. The average Bonchev–Trinajstić information content (AvgIpc) is 3.44. The highest BCUT2D eigenvalue weighted by Gasteiger charge is 2.49. The van der Waals surface area contributed by atoms with E-state index in [2.05, 4.69) is 0 Å². The monoisotopic (exact) mass is 641 g/mol. The fraction of sp³-hybridized carbons (Fsp3) is 0.111. The third-order valence-electron chi connectivity index (χ3n) is 7.82. The van der Waals surface area contributed by atoms with Gasteiger partial charge in [-0.15, -0.1) is 0 Å². The van der Waals surface area contributed by atoms with Gasteiger partial charge < -0.3 is 14.7 Å². The summed E-state index contributed by atoms with van der Waals surface area (Å²) in [6.07, 6.45) is 0.663. The second kappa shape index (κ2) is 12.1. The summed E-state index contributed by atoms with van der Waals surface area (Å²) in [5.41, 5.74) is 3.27. The van der Waals surface area contributed by atoms with Gasteiger partial charge in [-0.05, 0) is 48.4 Å². The maximum absolute atomic E-state index is 13.0. The number of hydrogen-bond donors (Lipinski definition) is 1. The molecule has 0 saturated heterocycles. The van der Waals surface area contributed by atoms with E-state index in [1.165, 1.54) is 0 Å². The van der Waals surface area contributed by atoms with Gasteiger partial charge in [0.2, 0.25) is 5.06 Å². The van der Waals surface area contributed by atoms with E-state index in [-0.39, 0.29) is 5.91 Å². The van der Waals surface area contributed by atoms with Gasteiger partial charge in [-0.25, -0.2) is 4.79 Å². The number of carbonyl (C=O) groups excluding carboxylic acids is 2. The van der Waals surface area contributed by atoms with Gasteiger partial charge in [0.05, 0.1) is 5.56 Å². The molecule has 0 bridgehead atoms. The number of carbonyl (C=O) groups is 2. The van der Waals surface area contributed by atoms with Gasteiger partial charge in [-0.1, -0.05) is 126 Å². The van der Waals surface area contributed by atoms with Crippen molar-refractivity contribution in [1.82, 2.24) is 4.90 Å². The molecular weight excluding hydrogens is 617 g/mol. The molecule has 5 aromatic carbocycles. The number of cyclic esters (lactones) is 1. The van der Waals surface area contributed by atoms with Gasteiger partial charge in [0.15, 0.2) is 5.72 Å². The number of benzene rings is 5. The number of esters is 1. The molecule has 44 heavy (non-hydrogen) atoms. The first kappa shape index (κ1) is 29.9. The molecule has 7 rings (SSSR count). The van der Waals surface area contributed by atoms with Crippen molar-refractivity contribution in [3.63, 3.8) is 0 Å². The highest BCUT2D eigenvalue weighted by Crippen LogP contribution is 2.45. The number of rotatable bonds is 5. The first-order chi connectivity index (χ1) is 21.2. The Morgan fingerprint density at radius 3 is 1.80 bits per heavy atom. The van der Waals surface area contributed by atoms with E-state index in [4.69, 9.17) is 39.5 Å². The number of halogens is 3. The van der Waals surface area contributed by atoms with E-state index >= 15 is 0 Å². The quantitative estimate of drug-likeness (QED) is 0.155. The lowest BCUT2D eigenvalue weighted by molar-refractivity contribution is -0.0493. The SMILES string of the molecule is O=C1OC(Cl)(c2ccc(Cl)cc2)c2ccccc21.O=C1c2ccccc2C(O)(c2ccc(Cl)cc2)N1CCc1ccccc1. The molecule has 0 aliphatic carbocycles. The largest absolute Gasteiger partial charge is 0.431 e. The molecule has 2 aliphatic heterocycles. The summed E-state index contributed by atoms with van der Waals surface area (Å²) >= 11 is 18.3. The molecule has 0 fully saturated rings. The van der Waals surface area contributed by atoms with Crippen molar-refractivity contribution in [2.24, 2.45) is 0 Å². The molecule has 220 valence electrons. The van der Waals surface area contributed by atoms with Crippen LogP contribution >= 0.6 is 34.8 Å². The summed E-state index contributed by atoms with van der Waals surface area (Å²) < 4.78 is 5.33. The molecule has 2 aliphatic rings. The molecule has 0 spiro atoms. The topological polar surface area (TPSA) is 66.8 Å². The molecule has 1 amide bonds. The fourth-order valence-electron chi connectivity index (χ4n) is 5.61. The Balaban J connectivity index is 0.000000167. The van der Waals surface area contributed by atoms with Crippen molar-refractivity contribution in [3.8, 4) is 0 Å². The highest BCUT2D eigenvalue weighted by molar-refractivity contribution is 6.31. The van der Waals surface area contributed by atoms with Gasteiger partial charge in [0.25, 0.3) is 5.91 Å². The van der Waals surface area contributed by atoms with Crippen molar-refractivity contribution < 1.29 is 19.4 Å². The van der Waals surface area contributed by atoms with Crippen LogP contribution in [0.2, 0.25) is 10.0 Å². The smallest absolute Gasteiger partial charge is 0.340 e. The zero-order valence-electron chi connectivity index (χ0n) is 23.3. The molecule has 8 heteroatoms. The first-order valence-corrected chi connectivity index (χ1v) is 15.1. The highest BCUT2D eigenvalue weighted by atomic mass is 35.5. The van der Waals surface area contributed by atoms with E-state index in [0.717, 1.165) is 5.56 Å². The lowest BCUT2D eigenvalue weighted by Crippen LogP contribution is -2.45. The molecule has 5 nitrogen and oxygen atoms in total. The average molecular weight is 643 g/mol. The summed E-state index contributed by atoms with van der Waals surface area (Å²) in [5.74, 6) is -0.565. The van der Waals surface area contributed by atoms with Gasteiger partial charge in [-0.2, -0.15) is 0 Å². The fourth-order valence-corrected chi connectivity index (χ4v) is 6.22. The minimum Gasteiger partial charge on any atom is -0.431 e. The number of nitrogens with zero attached hydrogens (tertiary/aromatic N) is 1. The molecular formula is C36H26Cl3NO4. The van der Waals surface area contributed by atoms with Crippen LogP contribution in [-0.4, -0.2) is 28.4 Å². The Kier molecular flexibility index (Phi) is 8.23. The van der Waals surface area contributed by atoms with Crippen LogP contribution in [-0.2, 0) is 21.9 Å². The summed E-state index contributed by atoms with van der Waals surface area (Å²) in [6.45, 7) is 0.413. The number of alkyl halides is 1. The summed E-state index contributed by atoms with van der Waals surface area (Å²) in [5, 5.41) is 11.6. The number of fused-ring (bicyclic) bond motifs is 2. The van der Waals surface area contributed by atoms with Crippen molar-refractivity contribution in [2.45, 2.75) is 17.2 Å². The standard InChI is InChI=1S/C22H18ClNO2.C14H8Cl2O2/c23-18-12-10-17(11-13-18)22(26)20-9-5-4-8-19(20)21(25)24(22)15-14-16-6-2-1-3-7-16;15-10-7-5-9(6-8-10)14(16)12-4-2-1-3-11(12)13(17)18-14/h1-13,26H,14-15H2;1-8H. The van der Waals surface area contributed by atoms with E-state index in [1.807, 2.05) is 54.6 Å². The van der Waals surface area contributed by atoms with Crippen LogP contribution in [0.3, 0.4) is 0 Å². The maximum atomic E-state index is 13.0. The predicted molar refractivity (Wildman–Crippen MR) is 172 cm³/mol. The van der Waals surface area contributed by atoms with Crippen molar-refractivity contribution in [3.05, 3.63) is 176 Å². The Hall–Kier alpha value is -4.13. The molecule has 0 saturated carbocycles. The molecule has 1 N–H and O–H groups in total. The molecule has 0 radical (unpaired) electrons. The van der Waals surface area contributed by atoms with Gasteiger partial charge >= 0.3 is 5.97 Å². The van der Waals surface area contributed by atoms with E-state index in [0.29, 0.717) is 56.4 Å². The lowest BCUT2D eigenvalue weighted by Gasteiger charge is -2.35. The molecule has 2 heterocycles. The van der Waals surface area contributed by atoms with E-state index in [1.54, 1.807) is 77.7 Å².